The number of anilines is 1. The Kier molecular flexibility index (Phi) is 5.25. The molecule has 0 amide bonds. The second kappa shape index (κ2) is 7.78. The molecule has 3 rings (SSSR count). The number of non-ortho nitro benzene ring substituents is 1. The number of benzene rings is 2. The molecule has 0 bridgehead atoms. The Labute approximate surface area is 160 Å². The number of nitrogens with zero attached hydrogens (tertiary/aromatic N) is 3. The summed E-state index contributed by atoms with van der Waals surface area (Å²) in [6.07, 6.45) is 1.40. The van der Waals surface area contributed by atoms with Crippen LogP contribution in [0.2, 0.25) is 0 Å². The van der Waals surface area contributed by atoms with E-state index in [9.17, 15) is 14.9 Å². The van der Waals surface area contributed by atoms with Crippen molar-refractivity contribution in [2.75, 3.05) is 12.5 Å². The summed E-state index contributed by atoms with van der Waals surface area (Å²) in [5.74, 6) is 0.272. The summed E-state index contributed by atoms with van der Waals surface area (Å²) in [6.45, 7) is 3.75. The Morgan fingerprint density at radius 1 is 1.21 bits per heavy atom. The van der Waals surface area contributed by atoms with Gasteiger partial charge in [0.1, 0.15) is 0 Å². The van der Waals surface area contributed by atoms with Crippen molar-refractivity contribution in [3.63, 3.8) is 0 Å². The fourth-order valence-corrected chi connectivity index (χ4v) is 2.64. The predicted octanol–water partition coefficient (Wildman–Crippen LogP) is 3.15. The lowest BCUT2D eigenvalue weighted by Gasteiger charge is -2.06. The molecule has 9 heteroatoms. The minimum Gasteiger partial charge on any atom is -0.494 e. The lowest BCUT2D eigenvalue weighted by atomic mass is 10.2. The van der Waals surface area contributed by atoms with Gasteiger partial charge in [-0.1, -0.05) is 17.7 Å². The molecule has 0 spiro atoms. The molecule has 0 saturated heterocycles. The van der Waals surface area contributed by atoms with Gasteiger partial charge in [0.25, 0.3) is 11.2 Å². The van der Waals surface area contributed by atoms with Gasteiger partial charge < -0.3 is 4.74 Å². The fourth-order valence-electron chi connectivity index (χ4n) is 2.64. The summed E-state index contributed by atoms with van der Waals surface area (Å²) in [5.41, 5.74) is 5.75. The van der Waals surface area contributed by atoms with Gasteiger partial charge in [-0.05, 0) is 32.0 Å². The number of nitro groups is 1. The molecule has 0 fully saturated rings. The Bertz CT molecular complexity index is 1100. The molecule has 0 saturated carbocycles. The highest BCUT2D eigenvalue weighted by atomic mass is 16.6. The van der Waals surface area contributed by atoms with E-state index in [-0.39, 0.29) is 17.0 Å². The van der Waals surface area contributed by atoms with Gasteiger partial charge in [0, 0.05) is 11.8 Å². The zero-order chi connectivity index (χ0) is 20.3. The van der Waals surface area contributed by atoms with Crippen LogP contribution in [0.3, 0.4) is 0 Å². The van der Waals surface area contributed by atoms with E-state index < -0.39 is 4.92 Å². The average Bonchev–Trinajstić information content (AvgIpc) is 2.96. The van der Waals surface area contributed by atoms with Gasteiger partial charge >= 0.3 is 0 Å². The number of nitro benzene ring substituents is 1. The van der Waals surface area contributed by atoms with E-state index in [1.807, 2.05) is 31.2 Å². The van der Waals surface area contributed by atoms with Gasteiger partial charge in [0.05, 0.1) is 41.3 Å². The highest BCUT2D eigenvalue weighted by Crippen LogP contribution is 2.28. The molecular formula is C19H19N5O4. The molecular weight excluding hydrogens is 362 g/mol. The van der Waals surface area contributed by atoms with Crippen LogP contribution >= 0.6 is 0 Å². The summed E-state index contributed by atoms with van der Waals surface area (Å²) in [6, 6.07) is 11.7. The predicted molar refractivity (Wildman–Crippen MR) is 107 cm³/mol. The van der Waals surface area contributed by atoms with Gasteiger partial charge in [-0.25, -0.2) is 4.68 Å². The van der Waals surface area contributed by atoms with Gasteiger partial charge in [0.2, 0.25) is 0 Å². The third kappa shape index (κ3) is 3.78. The number of aromatic nitrogens is 2. The maximum atomic E-state index is 12.7. The molecule has 144 valence electrons. The highest BCUT2D eigenvalue weighted by molar-refractivity contribution is 5.81. The van der Waals surface area contributed by atoms with Crippen LogP contribution in [0, 0.1) is 24.0 Å². The lowest BCUT2D eigenvalue weighted by molar-refractivity contribution is -0.384. The molecule has 1 aromatic heterocycles. The van der Waals surface area contributed by atoms with Crippen molar-refractivity contribution >= 4 is 17.6 Å². The van der Waals surface area contributed by atoms with E-state index in [1.165, 1.54) is 36.2 Å². The fraction of sp³-hybridized carbons (Fsp3) is 0.158. The smallest absolute Gasteiger partial charge is 0.280 e. The number of H-pyrrole nitrogens is 1. The Hall–Kier alpha value is -3.88. The number of hydrogen-bond acceptors (Lipinski definition) is 6. The van der Waals surface area contributed by atoms with Gasteiger partial charge in [-0.15, -0.1) is 0 Å². The number of nitrogens with one attached hydrogen (secondary N) is 2. The van der Waals surface area contributed by atoms with E-state index in [0.717, 1.165) is 11.3 Å². The molecule has 2 N–H and O–H groups in total. The highest BCUT2D eigenvalue weighted by Gasteiger charge is 2.12. The van der Waals surface area contributed by atoms with Crippen molar-refractivity contribution in [2.45, 2.75) is 13.8 Å². The van der Waals surface area contributed by atoms with Crippen LogP contribution in [0.4, 0.5) is 11.4 Å². The zero-order valence-corrected chi connectivity index (χ0v) is 15.6. The lowest BCUT2D eigenvalue weighted by Crippen LogP contribution is -2.17. The molecule has 0 aliphatic carbocycles. The van der Waals surface area contributed by atoms with Crippen molar-refractivity contribution in [3.05, 3.63) is 79.8 Å². The second-order valence-electron chi connectivity index (χ2n) is 6.14. The normalized spacial score (nSPS) is 11.0. The van der Waals surface area contributed by atoms with Crippen molar-refractivity contribution in [2.24, 2.45) is 5.10 Å². The SMILES string of the molecule is COc1cc([N+](=O)[O-])ccc1N/N=C\c1c(C)[nH]n(-c2ccc(C)cc2)c1=O. The second-order valence-corrected chi connectivity index (χ2v) is 6.14. The number of methoxy groups -OCH3 is 1. The number of ether oxygens (including phenoxy) is 1. The Morgan fingerprint density at radius 2 is 1.93 bits per heavy atom. The van der Waals surface area contributed by atoms with E-state index in [0.29, 0.717) is 16.9 Å². The number of hydrazone groups is 1. The van der Waals surface area contributed by atoms with Crippen molar-refractivity contribution < 1.29 is 9.66 Å². The van der Waals surface area contributed by atoms with Crippen LogP contribution in [-0.2, 0) is 0 Å². The standard InChI is InChI=1S/C19H19N5O4/c1-12-4-6-14(7-5-12)23-19(25)16(13(2)22-23)11-20-21-17-9-8-15(24(26)27)10-18(17)28-3/h4-11,21-22H,1-3H3/b20-11-. The summed E-state index contributed by atoms with van der Waals surface area (Å²) in [5, 5.41) is 18.0. The largest absolute Gasteiger partial charge is 0.494 e. The molecule has 2 aromatic carbocycles. The quantitative estimate of drug-likeness (QED) is 0.387. The monoisotopic (exact) mass is 381 g/mol. The van der Waals surface area contributed by atoms with Gasteiger partial charge in [-0.3, -0.25) is 25.4 Å². The maximum Gasteiger partial charge on any atom is 0.280 e. The van der Waals surface area contributed by atoms with Crippen LogP contribution in [0.5, 0.6) is 5.75 Å². The molecule has 3 aromatic rings. The van der Waals surface area contributed by atoms with Crippen LogP contribution in [0.15, 0.2) is 52.4 Å². The van der Waals surface area contributed by atoms with E-state index in [4.69, 9.17) is 4.74 Å². The third-order valence-electron chi connectivity index (χ3n) is 4.18. The minimum absolute atomic E-state index is 0.0890. The Morgan fingerprint density at radius 3 is 2.57 bits per heavy atom. The maximum absolute atomic E-state index is 12.7. The van der Waals surface area contributed by atoms with Crippen LogP contribution in [0.1, 0.15) is 16.8 Å². The summed E-state index contributed by atoms with van der Waals surface area (Å²) < 4.78 is 6.59. The minimum atomic E-state index is -0.508. The summed E-state index contributed by atoms with van der Waals surface area (Å²) >= 11 is 0. The first-order valence-electron chi connectivity index (χ1n) is 8.41. The molecule has 28 heavy (non-hydrogen) atoms. The van der Waals surface area contributed by atoms with Crippen molar-refractivity contribution in [1.82, 2.24) is 9.78 Å². The van der Waals surface area contributed by atoms with Crippen LogP contribution in [0.25, 0.3) is 5.69 Å². The zero-order valence-electron chi connectivity index (χ0n) is 15.6. The van der Waals surface area contributed by atoms with E-state index in [1.54, 1.807) is 6.92 Å². The van der Waals surface area contributed by atoms with Gasteiger partial charge in [-0.2, -0.15) is 5.10 Å². The van der Waals surface area contributed by atoms with Crippen molar-refractivity contribution in [3.8, 4) is 11.4 Å². The van der Waals surface area contributed by atoms with E-state index in [2.05, 4.69) is 15.6 Å². The molecule has 0 aliphatic heterocycles. The first-order chi connectivity index (χ1) is 13.4. The third-order valence-corrected chi connectivity index (χ3v) is 4.18. The topological polar surface area (TPSA) is 115 Å². The molecule has 0 aliphatic rings. The van der Waals surface area contributed by atoms with Crippen LogP contribution < -0.4 is 15.7 Å². The van der Waals surface area contributed by atoms with Crippen molar-refractivity contribution in [1.29, 1.82) is 0 Å². The van der Waals surface area contributed by atoms with E-state index >= 15 is 0 Å². The number of hydrogen-bond donors (Lipinski definition) is 2. The van der Waals surface area contributed by atoms with Gasteiger partial charge in [0.15, 0.2) is 5.75 Å². The molecule has 0 unspecified atom stereocenters. The van der Waals surface area contributed by atoms with Crippen LogP contribution in [-0.4, -0.2) is 28.0 Å². The summed E-state index contributed by atoms with van der Waals surface area (Å²) in [7, 11) is 1.41. The molecule has 0 atom stereocenters. The molecule has 0 radical (unpaired) electrons. The average molecular weight is 381 g/mol. The first-order valence-corrected chi connectivity index (χ1v) is 8.41. The number of aryl methyl sites for hydroxylation is 2. The Balaban J connectivity index is 1.85. The summed E-state index contributed by atoms with van der Waals surface area (Å²) in [4.78, 5) is 23.0. The molecule has 1 heterocycles. The number of rotatable bonds is 6. The number of aromatic amines is 1. The molecule has 9 nitrogen and oxygen atoms in total. The first kappa shape index (κ1) is 18.9.